The Labute approximate surface area is 177 Å². The number of unbranched alkanes of at least 4 members (excludes halogenated alkanes) is 12. The molecule has 7 heteroatoms. The highest BCUT2D eigenvalue weighted by atomic mass is 16.3. The Bertz CT molecular complexity index is 408. The Morgan fingerprint density at radius 1 is 0.655 bits per heavy atom. The standard InChI is InChI=1S/C22H45N3O4/c1-2-3-4-5-6-7-8-9-11-14-17-24-21(28)19(26)20(27)22(29)25-18-15-12-10-13-16-23/h19-20,26-27H,2-18,23H2,1H3,(H,24,28)(H,25,29)/t19-,20-/m1/s1. The normalized spacial score (nSPS) is 13.1. The molecule has 172 valence electrons. The van der Waals surface area contributed by atoms with Crippen molar-refractivity contribution in [3.05, 3.63) is 0 Å². The summed E-state index contributed by atoms with van der Waals surface area (Å²) in [5, 5.41) is 24.8. The summed E-state index contributed by atoms with van der Waals surface area (Å²) in [5.41, 5.74) is 5.41. The minimum absolute atomic E-state index is 0.410. The third-order valence-corrected chi connectivity index (χ3v) is 5.10. The fourth-order valence-corrected chi connectivity index (χ4v) is 3.15. The van der Waals surface area contributed by atoms with E-state index in [9.17, 15) is 19.8 Å². The lowest BCUT2D eigenvalue weighted by Crippen LogP contribution is -2.49. The fourth-order valence-electron chi connectivity index (χ4n) is 3.15. The van der Waals surface area contributed by atoms with E-state index >= 15 is 0 Å². The predicted molar refractivity (Wildman–Crippen MR) is 117 cm³/mol. The van der Waals surface area contributed by atoms with Crippen LogP contribution in [0.2, 0.25) is 0 Å². The molecule has 0 saturated heterocycles. The zero-order chi connectivity index (χ0) is 21.7. The van der Waals surface area contributed by atoms with E-state index in [1.807, 2.05) is 0 Å². The molecule has 7 nitrogen and oxygen atoms in total. The van der Waals surface area contributed by atoms with E-state index in [4.69, 9.17) is 5.73 Å². The molecule has 29 heavy (non-hydrogen) atoms. The van der Waals surface area contributed by atoms with Gasteiger partial charge in [-0.05, 0) is 25.8 Å². The number of aliphatic hydroxyl groups excluding tert-OH is 2. The highest BCUT2D eigenvalue weighted by molar-refractivity contribution is 5.90. The summed E-state index contributed by atoms with van der Waals surface area (Å²) in [6.07, 6.45) is 12.2. The van der Waals surface area contributed by atoms with Crippen LogP contribution in [-0.4, -0.2) is 53.9 Å². The van der Waals surface area contributed by atoms with Gasteiger partial charge in [0.25, 0.3) is 11.8 Å². The Morgan fingerprint density at radius 3 is 1.38 bits per heavy atom. The van der Waals surface area contributed by atoms with Crippen molar-refractivity contribution >= 4 is 11.8 Å². The first-order chi connectivity index (χ1) is 14.0. The maximum absolute atomic E-state index is 11.9. The van der Waals surface area contributed by atoms with Gasteiger partial charge in [-0.25, -0.2) is 0 Å². The number of aliphatic hydroxyl groups is 2. The molecule has 0 spiro atoms. The van der Waals surface area contributed by atoms with Gasteiger partial charge in [-0.3, -0.25) is 9.59 Å². The van der Waals surface area contributed by atoms with E-state index in [0.29, 0.717) is 19.6 Å². The molecule has 0 aromatic heterocycles. The first kappa shape index (κ1) is 27.8. The van der Waals surface area contributed by atoms with Crippen LogP contribution in [-0.2, 0) is 9.59 Å². The van der Waals surface area contributed by atoms with Crippen molar-refractivity contribution < 1.29 is 19.8 Å². The van der Waals surface area contributed by atoms with Crippen molar-refractivity contribution in [2.45, 2.75) is 109 Å². The van der Waals surface area contributed by atoms with Crippen molar-refractivity contribution in [2.75, 3.05) is 19.6 Å². The average molecular weight is 416 g/mol. The molecule has 2 amide bonds. The lowest BCUT2D eigenvalue weighted by atomic mass is 10.1. The number of rotatable bonds is 20. The molecule has 0 rings (SSSR count). The second kappa shape index (κ2) is 20.1. The average Bonchev–Trinajstić information content (AvgIpc) is 2.73. The maximum Gasteiger partial charge on any atom is 0.252 e. The molecule has 0 saturated carbocycles. The molecular weight excluding hydrogens is 370 g/mol. The molecule has 0 aromatic rings. The van der Waals surface area contributed by atoms with E-state index in [1.165, 1.54) is 44.9 Å². The first-order valence-electron chi connectivity index (χ1n) is 11.7. The van der Waals surface area contributed by atoms with Crippen molar-refractivity contribution in [3.8, 4) is 0 Å². The highest BCUT2D eigenvalue weighted by Gasteiger charge is 2.29. The smallest absolute Gasteiger partial charge is 0.252 e. The molecule has 0 fully saturated rings. The summed E-state index contributed by atoms with van der Waals surface area (Å²) >= 11 is 0. The molecule has 0 heterocycles. The first-order valence-corrected chi connectivity index (χ1v) is 11.7. The van der Waals surface area contributed by atoms with Gasteiger partial charge in [-0.2, -0.15) is 0 Å². The van der Waals surface area contributed by atoms with Crippen molar-refractivity contribution in [3.63, 3.8) is 0 Å². The monoisotopic (exact) mass is 415 g/mol. The molecule has 6 N–H and O–H groups in total. The molecule has 0 aliphatic carbocycles. The van der Waals surface area contributed by atoms with Gasteiger partial charge in [0.15, 0.2) is 12.2 Å². The van der Waals surface area contributed by atoms with Crippen LogP contribution in [0.5, 0.6) is 0 Å². The topological polar surface area (TPSA) is 125 Å². The molecule has 0 aliphatic rings. The third kappa shape index (κ3) is 16.3. The minimum atomic E-state index is -1.74. The van der Waals surface area contributed by atoms with Gasteiger partial charge >= 0.3 is 0 Å². The van der Waals surface area contributed by atoms with E-state index in [0.717, 1.165) is 44.9 Å². The molecule has 0 bridgehead atoms. The number of hydrogen-bond donors (Lipinski definition) is 5. The van der Waals surface area contributed by atoms with Crippen LogP contribution in [0.1, 0.15) is 96.8 Å². The van der Waals surface area contributed by atoms with Crippen molar-refractivity contribution in [1.29, 1.82) is 0 Å². The Kier molecular flexibility index (Phi) is 19.3. The Morgan fingerprint density at radius 2 is 1.00 bits per heavy atom. The summed E-state index contributed by atoms with van der Waals surface area (Å²) in [7, 11) is 0. The van der Waals surface area contributed by atoms with Gasteiger partial charge in [0, 0.05) is 13.1 Å². The number of nitrogens with one attached hydrogen (secondary N) is 2. The summed E-state index contributed by atoms with van der Waals surface area (Å²) in [4.78, 5) is 23.7. The Hall–Kier alpha value is -1.18. The Balaban J connectivity index is 3.67. The molecule has 2 atom stereocenters. The van der Waals surface area contributed by atoms with Gasteiger partial charge in [0.1, 0.15) is 0 Å². The van der Waals surface area contributed by atoms with Gasteiger partial charge in [-0.15, -0.1) is 0 Å². The minimum Gasteiger partial charge on any atom is -0.380 e. The van der Waals surface area contributed by atoms with Gasteiger partial charge in [0.2, 0.25) is 0 Å². The van der Waals surface area contributed by atoms with Gasteiger partial charge < -0.3 is 26.6 Å². The lowest BCUT2D eigenvalue weighted by Gasteiger charge is -2.17. The van der Waals surface area contributed by atoms with Crippen molar-refractivity contribution in [1.82, 2.24) is 10.6 Å². The van der Waals surface area contributed by atoms with Crippen LogP contribution in [0, 0.1) is 0 Å². The predicted octanol–water partition coefficient (Wildman–Crippen LogP) is 2.38. The summed E-state index contributed by atoms with van der Waals surface area (Å²) in [6, 6.07) is 0. The second-order valence-corrected chi connectivity index (χ2v) is 7.86. The summed E-state index contributed by atoms with van der Waals surface area (Å²) in [5.74, 6) is -1.42. The highest BCUT2D eigenvalue weighted by Crippen LogP contribution is 2.10. The van der Waals surface area contributed by atoms with Crippen LogP contribution in [0.3, 0.4) is 0 Å². The van der Waals surface area contributed by atoms with Crippen LogP contribution in [0.4, 0.5) is 0 Å². The second-order valence-electron chi connectivity index (χ2n) is 7.86. The lowest BCUT2D eigenvalue weighted by molar-refractivity contribution is -0.146. The van der Waals surface area contributed by atoms with Gasteiger partial charge in [0.05, 0.1) is 0 Å². The molecule has 0 radical (unpaired) electrons. The summed E-state index contributed by atoms with van der Waals surface area (Å²) in [6.45, 7) is 3.74. The largest absolute Gasteiger partial charge is 0.380 e. The number of nitrogens with two attached hydrogens (primary N) is 1. The van der Waals surface area contributed by atoms with E-state index in [1.54, 1.807) is 0 Å². The molecule has 0 aromatic carbocycles. The van der Waals surface area contributed by atoms with Gasteiger partial charge in [-0.1, -0.05) is 77.6 Å². The number of hydrogen-bond acceptors (Lipinski definition) is 5. The van der Waals surface area contributed by atoms with Crippen LogP contribution >= 0.6 is 0 Å². The van der Waals surface area contributed by atoms with E-state index in [-0.39, 0.29) is 0 Å². The third-order valence-electron chi connectivity index (χ3n) is 5.10. The molecule has 0 aliphatic heterocycles. The zero-order valence-corrected chi connectivity index (χ0v) is 18.5. The van der Waals surface area contributed by atoms with Crippen molar-refractivity contribution in [2.24, 2.45) is 5.73 Å². The number of amides is 2. The van der Waals surface area contributed by atoms with E-state index < -0.39 is 24.0 Å². The van der Waals surface area contributed by atoms with Crippen LogP contribution in [0.25, 0.3) is 0 Å². The maximum atomic E-state index is 11.9. The number of carbonyl (C=O) groups excluding carboxylic acids is 2. The SMILES string of the molecule is CCCCCCCCCCCCNC(=O)[C@H](O)[C@@H](O)C(=O)NCCCCCCN. The fraction of sp³-hybridized carbons (Fsp3) is 0.909. The zero-order valence-electron chi connectivity index (χ0n) is 18.5. The molecular formula is C22H45N3O4. The summed E-state index contributed by atoms with van der Waals surface area (Å²) < 4.78 is 0. The van der Waals surface area contributed by atoms with Crippen LogP contribution < -0.4 is 16.4 Å². The quantitative estimate of drug-likeness (QED) is 0.195. The molecule has 0 unspecified atom stereocenters. The van der Waals surface area contributed by atoms with Crippen LogP contribution in [0.15, 0.2) is 0 Å². The van der Waals surface area contributed by atoms with E-state index in [2.05, 4.69) is 17.6 Å². The number of carbonyl (C=O) groups is 2.